The molecule has 0 bridgehead atoms. The van der Waals surface area contributed by atoms with Crippen molar-refractivity contribution in [1.29, 1.82) is 0 Å². The van der Waals surface area contributed by atoms with E-state index in [4.69, 9.17) is 0 Å². The van der Waals surface area contributed by atoms with Gasteiger partial charge in [-0.2, -0.15) is 0 Å². The van der Waals surface area contributed by atoms with Gasteiger partial charge in [0.15, 0.2) is 0 Å². The highest BCUT2D eigenvalue weighted by atomic mass is 32.1. The number of carbonyl (C=O) groups is 2. The second-order valence-corrected chi connectivity index (χ2v) is 6.95. The molecule has 1 fully saturated rings. The largest absolute Gasteiger partial charge is 0.321 e. The molecule has 0 atom stereocenters. The molecule has 1 aromatic carbocycles. The van der Waals surface area contributed by atoms with Gasteiger partial charge in [0.05, 0.1) is 9.88 Å². The summed E-state index contributed by atoms with van der Waals surface area (Å²) in [7, 11) is 0. The monoisotopic (exact) mass is 328 g/mol. The summed E-state index contributed by atoms with van der Waals surface area (Å²) in [6.45, 7) is 3.97. The standard InChI is InChI=1S/C18H20N2O2S/c1-3-12-5-4-6-14(10-12)19-18(22)16-11(2)9-15(23-16)20-17(21)13-7-8-13/h4-6,9-10,13H,3,7-8H2,1-2H3,(H,19,22)(H,20,21). The molecule has 0 unspecified atom stereocenters. The molecule has 1 saturated carbocycles. The summed E-state index contributed by atoms with van der Waals surface area (Å²) in [5.41, 5.74) is 2.86. The zero-order chi connectivity index (χ0) is 16.4. The first kappa shape index (κ1) is 15.7. The molecular formula is C18H20N2O2S. The van der Waals surface area contributed by atoms with Crippen molar-refractivity contribution < 1.29 is 9.59 Å². The van der Waals surface area contributed by atoms with Gasteiger partial charge in [0.25, 0.3) is 5.91 Å². The quantitative estimate of drug-likeness (QED) is 0.863. The lowest BCUT2D eigenvalue weighted by molar-refractivity contribution is -0.117. The Bertz CT molecular complexity index is 747. The first-order valence-corrected chi connectivity index (χ1v) is 8.70. The Kier molecular flexibility index (Phi) is 4.48. The zero-order valence-electron chi connectivity index (χ0n) is 13.3. The highest BCUT2D eigenvalue weighted by molar-refractivity contribution is 7.18. The molecule has 0 radical (unpaired) electrons. The minimum Gasteiger partial charge on any atom is -0.321 e. The van der Waals surface area contributed by atoms with Crippen LogP contribution < -0.4 is 10.6 Å². The van der Waals surface area contributed by atoms with Gasteiger partial charge in [0.2, 0.25) is 5.91 Å². The third-order valence-electron chi connectivity index (χ3n) is 3.91. The Morgan fingerprint density at radius 3 is 2.70 bits per heavy atom. The summed E-state index contributed by atoms with van der Waals surface area (Å²) in [5, 5.41) is 6.58. The van der Waals surface area contributed by atoms with Crippen molar-refractivity contribution in [3.8, 4) is 0 Å². The number of anilines is 2. The minimum atomic E-state index is -0.132. The van der Waals surface area contributed by atoms with Crippen molar-refractivity contribution >= 4 is 33.8 Å². The summed E-state index contributed by atoms with van der Waals surface area (Å²) in [5.74, 6) is 0.0907. The predicted octanol–water partition coefficient (Wildman–Crippen LogP) is 4.22. The molecule has 1 heterocycles. The van der Waals surface area contributed by atoms with Gasteiger partial charge in [-0.3, -0.25) is 9.59 Å². The Morgan fingerprint density at radius 1 is 1.22 bits per heavy atom. The van der Waals surface area contributed by atoms with Gasteiger partial charge >= 0.3 is 0 Å². The van der Waals surface area contributed by atoms with Crippen LogP contribution in [0.5, 0.6) is 0 Å². The highest BCUT2D eigenvalue weighted by Gasteiger charge is 2.30. The van der Waals surface area contributed by atoms with Crippen LogP contribution in [0, 0.1) is 12.8 Å². The minimum absolute atomic E-state index is 0.0638. The number of aryl methyl sites for hydroxylation is 2. The van der Waals surface area contributed by atoms with E-state index in [1.807, 2.05) is 37.3 Å². The summed E-state index contributed by atoms with van der Waals surface area (Å²) >= 11 is 1.33. The van der Waals surface area contributed by atoms with E-state index in [0.29, 0.717) is 4.88 Å². The number of hydrogen-bond donors (Lipinski definition) is 2. The van der Waals surface area contributed by atoms with Crippen LogP contribution in [0.1, 0.15) is 40.6 Å². The van der Waals surface area contributed by atoms with E-state index in [2.05, 4.69) is 17.6 Å². The molecule has 3 rings (SSSR count). The van der Waals surface area contributed by atoms with E-state index in [9.17, 15) is 9.59 Å². The number of amides is 2. The van der Waals surface area contributed by atoms with E-state index >= 15 is 0 Å². The van der Waals surface area contributed by atoms with Gasteiger partial charge in [0, 0.05) is 11.6 Å². The zero-order valence-corrected chi connectivity index (χ0v) is 14.1. The molecule has 2 amide bonds. The summed E-state index contributed by atoms with van der Waals surface area (Å²) in [6, 6.07) is 9.71. The van der Waals surface area contributed by atoms with Crippen molar-refractivity contribution in [2.45, 2.75) is 33.1 Å². The molecule has 4 nitrogen and oxygen atoms in total. The van der Waals surface area contributed by atoms with Crippen molar-refractivity contribution in [1.82, 2.24) is 0 Å². The first-order chi connectivity index (χ1) is 11.1. The maximum Gasteiger partial charge on any atom is 0.266 e. The van der Waals surface area contributed by atoms with Crippen LogP contribution in [0.4, 0.5) is 10.7 Å². The Balaban J connectivity index is 1.71. The number of thiophene rings is 1. The smallest absolute Gasteiger partial charge is 0.266 e. The summed E-state index contributed by atoms with van der Waals surface area (Å²) in [4.78, 5) is 24.9. The van der Waals surface area contributed by atoms with Crippen molar-refractivity contribution in [3.63, 3.8) is 0 Å². The normalized spacial score (nSPS) is 13.7. The van der Waals surface area contributed by atoms with Gasteiger partial charge in [-0.15, -0.1) is 11.3 Å². The second-order valence-electron chi connectivity index (χ2n) is 5.89. The Hall–Kier alpha value is -2.14. The van der Waals surface area contributed by atoms with E-state index in [-0.39, 0.29) is 17.7 Å². The van der Waals surface area contributed by atoms with Gasteiger partial charge in [0.1, 0.15) is 0 Å². The van der Waals surface area contributed by atoms with Crippen molar-refractivity contribution in [2.24, 2.45) is 5.92 Å². The van der Waals surface area contributed by atoms with Gasteiger partial charge < -0.3 is 10.6 Å². The first-order valence-electron chi connectivity index (χ1n) is 7.88. The van der Waals surface area contributed by atoms with E-state index in [1.54, 1.807) is 0 Å². The third kappa shape index (κ3) is 3.79. The van der Waals surface area contributed by atoms with E-state index < -0.39 is 0 Å². The maximum absolute atomic E-state index is 12.5. The highest BCUT2D eigenvalue weighted by Crippen LogP contribution is 2.33. The molecule has 23 heavy (non-hydrogen) atoms. The number of carbonyl (C=O) groups excluding carboxylic acids is 2. The van der Waals surface area contributed by atoms with Crippen LogP contribution in [0.3, 0.4) is 0 Å². The second kappa shape index (κ2) is 6.54. The molecule has 0 saturated heterocycles. The lowest BCUT2D eigenvalue weighted by Gasteiger charge is -2.06. The number of hydrogen-bond acceptors (Lipinski definition) is 3. The van der Waals surface area contributed by atoms with Crippen LogP contribution in [0.25, 0.3) is 0 Å². The topological polar surface area (TPSA) is 58.2 Å². The van der Waals surface area contributed by atoms with Crippen molar-refractivity contribution in [3.05, 3.63) is 46.3 Å². The molecule has 5 heteroatoms. The Labute approximate surface area is 139 Å². The SMILES string of the molecule is CCc1cccc(NC(=O)c2sc(NC(=O)C3CC3)cc2C)c1. The number of rotatable bonds is 5. The fraction of sp³-hybridized carbons (Fsp3) is 0.333. The van der Waals surface area contributed by atoms with E-state index in [1.165, 1.54) is 16.9 Å². The Morgan fingerprint density at radius 2 is 2.00 bits per heavy atom. The lowest BCUT2D eigenvalue weighted by atomic mass is 10.1. The fourth-order valence-corrected chi connectivity index (χ4v) is 3.37. The van der Waals surface area contributed by atoms with Crippen LogP contribution in [-0.4, -0.2) is 11.8 Å². The van der Waals surface area contributed by atoms with Crippen LogP contribution in [-0.2, 0) is 11.2 Å². The van der Waals surface area contributed by atoms with Crippen LogP contribution in [0.2, 0.25) is 0 Å². The van der Waals surface area contributed by atoms with Gasteiger partial charge in [-0.05, 0) is 55.5 Å². The summed E-state index contributed by atoms with van der Waals surface area (Å²) in [6.07, 6.45) is 2.87. The van der Waals surface area contributed by atoms with Crippen LogP contribution >= 0.6 is 11.3 Å². The fourth-order valence-electron chi connectivity index (χ4n) is 2.40. The molecule has 2 N–H and O–H groups in total. The molecule has 1 aliphatic rings. The molecule has 1 aromatic heterocycles. The van der Waals surface area contributed by atoms with E-state index in [0.717, 1.165) is 35.5 Å². The average Bonchev–Trinajstić information content (AvgIpc) is 3.32. The van der Waals surface area contributed by atoms with Crippen LogP contribution in [0.15, 0.2) is 30.3 Å². The average molecular weight is 328 g/mol. The lowest BCUT2D eigenvalue weighted by Crippen LogP contribution is -2.12. The third-order valence-corrected chi connectivity index (χ3v) is 5.06. The molecule has 2 aromatic rings. The van der Waals surface area contributed by atoms with Gasteiger partial charge in [-0.1, -0.05) is 19.1 Å². The number of nitrogens with one attached hydrogen (secondary N) is 2. The maximum atomic E-state index is 12.5. The molecule has 0 spiro atoms. The van der Waals surface area contributed by atoms with Crippen molar-refractivity contribution in [2.75, 3.05) is 10.6 Å². The van der Waals surface area contributed by atoms with Gasteiger partial charge in [-0.25, -0.2) is 0 Å². The molecule has 1 aliphatic carbocycles. The molecule has 120 valence electrons. The number of benzene rings is 1. The summed E-state index contributed by atoms with van der Waals surface area (Å²) < 4.78 is 0. The predicted molar refractivity (Wildman–Crippen MR) is 94.2 cm³/mol. The molecular weight excluding hydrogens is 308 g/mol. The molecule has 0 aliphatic heterocycles.